The standard InChI is InChI=1S/C21H27ClN2O3/c1-2-17(25)19-16(10-8-13-6-4-3-5-7-13)23-21(27)24-20(19)14-9-11-18(26)15(22)12-14/h9,11-13,20,26H,2-8,10H2,1H3,(H2,23,24,27). The summed E-state index contributed by atoms with van der Waals surface area (Å²) in [7, 11) is 0. The van der Waals surface area contributed by atoms with Crippen LogP contribution in [0.3, 0.4) is 0 Å². The Bertz CT molecular complexity index is 754. The molecule has 3 rings (SSSR count). The van der Waals surface area contributed by atoms with Crippen LogP contribution in [0.2, 0.25) is 5.02 Å². The minimum atomic E-state index is -0.550. The first-order valence-corrected chi connectivity index (χ1v) is 10.2. The maximum absolute atomic E-state index is 12.7. The summed E-state index contributed by atoms with van der Waals surface area (Å²) in [6, 6.07) is 3.93. The summed E-state index contributed by atoms with van der Waals surface area (Å²) in [5.41, 5.74) is 2.03. The van der Waals surface area contributed by atoms with Crippen LogP contribution >= 0.6 is 11.6 Å². The smallest absolute Gasteiger partial charge is 0.319 e. The second kappa shape index (κ2) is 8.79. The number of rotatable bonds is 6. The molecule has 146 valence electrons. The van der Waals surface area contributed by atoms with Gasteiger partial charge in [-0.2, -0.15) is 0 Å². The maximum atomic E-state index is 12.7. The van der Waals surface area contributed by atoms with Crippen LogP contribution in [0.15, 0.2) is 29.5 Å². The summed E-state index contributed by atoms with van der Waals surface area (Å²) < 4.78 is 0. The summed E-state index contributed by atoms with van der Waals surface area (Å²) in [6.07, 6.45) is 8.35. The molecule has 1 unspecified atom stereocenters. The molecule has 0 radical (unpaired) electrons. The molecule has 3 N–H and O–H groups in total. The zero-order valence-electron chi connectivity index (χ0n) is 15.7. The van der Waals surface area contributed by atoms with Crippen molar-refractivity contribution < 1.29 is 14.7 Å². The van der Waals surface area contributed by atoms with Crippen molar-refractivity contribution >= 4 is 23.4 Å². The number of amides is 2. The van der Waals surface area contributed by atoms with Crippen LogP contribution in [-0.2, 0) is 4.79 Å². The van der Waals surface area contributed by atoms with Crippen LogP contribution < -0.4 is 10.6 Å². The molecular weight excluding hydrogens is 364 g/mol. The molecule has 27 heavy (non-hydrogen) atoms. The van der Waals surface area contributed by atoms with Gasteiger partial charge in [0.15, 0.2) is 5.78 Å². The van der Waals surface area contributed by atoms with E-state index in [2.05, 4.69) is 10.6 Å². The molecule has 0 saturated heterocycles. The third-order valence-electron chi connectivity index (χ3n) is 5.61. The fraction of sp³-hybridized carbons (Fsp3) is 0.524. The SMILES string of the molecule is CCC(=O)C1=C(CCC2CCCCC2)NC(=O)NC1c1ccc(O)c(Cl)c1. The summed E-state index contributed by atoms with van der Waals surface area (Å²) in [4.78, 5) is 25.0. The Balaban J connectivity index is 1.91. The molecule has 5 nitrogen and oxygen atoms in total. The molecule has 0 spiro atoms. The summed E-state index contributed by atoms with van der Waals surface area (Å²) in [5.74, 6) is 0.651. The van der Waals surface area contributed by atoms with Crippen LogP contribution in [-0.4, -0.2) is 16.9 Å². The molecule has 1 aliphatic heterocycles. The molecule has 1 aromatic rings. The van der Waals surface area contributed by atoms with E-state index >= 15 is 0 Å². The number of urea groups is 1. The number of allylic oxidation sites excluding steroid dienone is 1. The highest BCUT2D eigenvalue weighted by molar-refractivity contribution is 6.32. The molecule has 6 heteroatoms. The molecule has 0 aromatic heterocycles. The van der Waals surface area contributed by atoms with Crippen molar-refractivity contribution in [3.8, 4) is 5.75 Å². The maximum Gasteiger partial charge on any atom is 0.319 e. The Morgan fingerprint density at radius 3 is 2.67 bits per heavy atom. The molecule has 1 fully saturated rings. The van der Waals surface area contributed by atoms with Crippen molar-refractivity contribution in [3.05, 3.63) is 40.1 Å². The van der Waals surface area contributed by atoms with Crippen molar-refractivity contribution in [2.45, 2.75) is 64.3 Å². The third kappa shape index (κ3) is 4.64. The van der Waals surface area contributed by atoms with Gasteiger partial charge in [-0.15, -0.1) is 0 Å². The van der Waals surface area contributed by atoms with E-state index in [1.165, 1.54) is 38.2 Å². The monoisotopic (exact) mass is 390 g/mol. The lowest BCUT2D eigenvalue weighted by atomic mass is 9.84. The van der Waals surface area contributed by atoms with Crippen LogP contribution in [0.5, 0.6) is 5.75 Å². The number of Topliss-reactive ketones (excluding diaryl/α,β-unsaturated/α-hetero) is 1. The Labute approximate surface area is 165 Å². The van der Waals surface area contributed by atoms with E-state index in [-0.39, 0.29) is 22.6 Å². The number of carbonyl (C=O) groups excluding carboxylic acids is 2. The van der Waals surface area contributed by atoms with E-state index in [0.29, 0.717) is 29.9 Å². The molecule has 1 heterocycles. The van der Waals surface area contributed by atoms with Gasteiger partial charge in [-0.3, -0.25) is 4.79 Å². The number of benzene rings is 1. The van der Waals surface area contributed by atoms with Crippen molar-refractivity contribution in [1.82, 2.24) is 10.6 Å². The zero-order chi connectivity index (χ0) is 19.4. The van der Waals surface area contributed by atoms with Gasteiger partial charge >= 0.3 is 6.03 Å². The predicted molar refractivity (Wildman–Crippen MR) is 106 cm³/mol. The first-order chi connectivity index (χ1) is 13.0. The summed E-state index contributed by atoms with van der Waals surface area (Å²) in [6.45, 7) is 1.82. The molecule has 0 bridgehead atoms. The van der Waals surface area contributed by atoms with Gasteiger partial charge in [0.1, 0.15) is 5.75 Å². The highest BCUT2D eigenvalue weighted by Gasteiger charge is 2.32. The number of aromatic hydroxyl groups is 1. The second-order valence-corrected chi connectivity index (χ2v) is 7.86. The van der Waals surface area contributed by atoms with Crippen molar-refractivity contribution in [2.24, 2.45) is 5.92 Å². The van der Waals surface area contributed by atoms with Crippen LogP contribution in [0.25, 0.3) is 0 Å². The Morgan fingerprint density at radius 1 is 1.26 bits per heavy atom. The molecule has 2 aliphatic rings. The van der Waals surface area contributed by atoms with Crippen molar-refractivity contribution in [2.75, 3.05) is 0 Å². The first-order valence-electron chi connectivity index (χ1n) is 9.81. The third-order valence-corrected chi connectivity index (χ3v) is 5.91. The second-order valence-electron chi connectivity index (χ2n) is 7.45. The van der Waals surface area contributed by atoms with Gasteiger partial charge in [0.2, 0.25) is 0 Å². The number of hydrogen-bond acceptors (Lipinski definition) is 3. The molecule has 2 amide bonds. The fourth-order valence-electron chi connectivity index (χ4n) is 4.11. The quantitative estimate of drug-likeness (QED) is 0.640. The number of carbonyl (C=O) groups is 2. The van der Waals surface area contributed by atoms with E-state index in [9.17, 15) is 14.7 Å². The van der Waals surface area contributed by atoms with E-state index in [0.717, 1.165) is 12.1 Å². The minimum Gasteiger partial charge on any atom is -0.506 e. The lowest BCUT2D eigenvalue weighted by Gasteiger charge is -2.31. The van der Waals surface area contributed by atoms with Gasteiger partial charge in [-0.25, -0.2) is 4.79 Å². The Morgan fingerprint density at radius 2 is 2.00 bits per heavy atom. The average Bonchev–Trinajstić information content (AvgIpc) is 2.68. The van der Waals surface area contributed by atoms with Crippen LogP contribution in [0.4, 0.5) is 4.79 Å². The van der Waals surface area contributed by atoms with Gasteiger partial charge in [-0.1, -0.05) is 56.7 Å². The van der Waals surface area contributed by atoms with E-state index in [4.69, 9.17) is 11.6 Å². The van der Waals surface area contributed by atoms with Gasteiger partial charge in [-0.05, 0) is 36.5 Å². The molecule has 1 saturated carbocycles. The van der Waals surface area contributed by atoms with E-state index in [1.807, 2.05) is 6.92 Å². The average molecular weight is 391 g/mol. The topological polar surface area (TPSA) is 78.4 Å². The number of halogens is 1. The fourth-order valence-corrected chi connectivity index (χ4v) is 4.30. The highest BCUT2D eigenvalue weighted by atomic mass is 35.5. The van der Waals surface area contributed by atoms with Crippen molar-refractivity contribution in [1.29, 1.82) is 0 Å². The Kier molecular flexibility index (Phi) is 6.42. The van der Waals surface area contributed by atoms with E-state index in [1.54, 1.807) is 12.1 Å². The van der Waals surface area contributed by atoms with Gasteiger partial charge in [0.25, 0.3) is 0 Å². The number of phenols is 1. The molecule has 1 atom stereocenters. The number of ketones is 1. The summed E-state index contributed by atoms with van der Waals surface area (Å²) >= 11 is 6.05. The minimum absolute atomic E-state index is 0.00958. The highest BCUT2D eigenvalue weighted by Crippen LogP contribution is 2.35. The van der Waals surface area contributed by atoms with Crippen molar-refractivity contribution in [3.63, 3.8) is 0 Å². The number of nitrogens with one attached hydrogen (secondary N) is 2. The lowest BCUT2D eigenvalue weighted by molar-refractivity contribution is -0.115. The normalized spacial score (nSPS) is 21.0. The molecule has 1 aliphatic carbocycles. The van der Waals surface area contributed by atoms with Crippen LogP contribution in [0.1, 0.15) is 69.9 Å². The first kappa shape index (κ1) is 19.7. The Hall–Kier alpha value is -2.01. The molecule has 1 aromatic carbocycles. The molecular formula is C21H27ClN2O3. The van der Waals surface area contributed by atoms with Crippen LogP contribution in [0, 0.1) is 5.92 Å². The number of hydrogen-bond donors (Lipinski definition) is 3. The summed E-state index contributed by atoms with van der Waals surface area (Å²) in [5, 5.41) is 15.6. The zero-order valence-corrected chi connectivity index (χ0v) is 16.4. The lowest BCUT2D eigenvalue weighted by Crippen LogP contribution is -2.45. The van der Waals surface area contributed by atoms with Gasteiger partial charge < -0.3 is 15.7 Å². The van der Waals surface area contributed by atoms with Gasteiger partial charge in [0, 0.05) is 17.7 Å². The largest absolute Gasteiger partial charge is 0.506 e. The van der Waals surface area contributed by atoms with Gasteiger partial charge in [0.05, 0.1) is 11.1 Å². The van der Waals surface area contributed by atoms with E-state index < -0.39 is 6.04 Å². The number of phenolic OH excluding ortho intramolecular Hbond substituents is 1. The predicted octanol–water partition coefficient (Wildman–Crippen LogP) is 4.99.